The Labute approximate surface area is 69.8 Å². The summed E-state index contributed by atoms with van der Waals surface area (Å²) in [5.41, 5.74) is 0. The highest BCUT2D eigenvalue weighted by atomic mass is 15.2. The van der Waals surface area contributed by atoms with E-state index < -0.39 is 0 Å². The van der Waals surface area contributed by atoms with Gasteiger partial charge in [-0.2, -0.15) is 0 Å². The molecule has 2 saturated heterocycles. The predicted octanol–water partition coefficient (Wildman–Crippen LogP) is 2.13. The average molecular weight is 153 g/mol. The number of hydrogen-bond acceptors (Lipinski definition) is 1. The van der Waals surface area contributed by atoms with Crippen LogP contribution in [-0.4, -0.2) is 24.0 Å². The van der Waals surface area contributed by atoms with Crippen molar-refractivity contribution in [3.8, 4) is 0 Å². The maximum Gasteiger partial charge on any atom is 0.0127 e. The minimum atomic E-state index is 0.963. The number of rotatable bonds is 1. The molecule has 0 aromatic carbocycles. The van der Waals surface area contributed by atoms with Gasteiger partial charge in [0.05, 0.1) is 0 Å². The SMILES string of the molecule is CCC1C(C)CN2CCCC12. The van der Waals surface area contributed by atoms with Crippen LogP contribution in [0.15, 0.2) is 0 Å². The Morgan fingerprint density at radius 1 is 1.45 bits per heavy atom. The van der Waals surface area contributed by atoms with E-state index in [0.29, 0.717) is 0 Å². The van der Waals surface area contributed by atoms with E-state index in [0.717, 1.165) is 17.9 Å². The van der Waals surface area contributed by atoms with Crippen molar-refractivity contribution in [1.82, 2.24) is 4.90 Å². The third-order valence-corrected chi connectivity index (χ3v) is 3.63. The zero-order valence-corrected chi connectivity index (χ0v) is 7.71. The Hall–Kier alpha value is -0.0400. The zero-order valence-electron chi connectivity index (χ0n) is 7.71. The van der Waals surface area contributed by atoms with Crippen LogP contribution in [0.5, 0.6) is 0 Å². The second kappa shape index (κ2) is 2.78. The summed E-state index contributed by atoms with van der Waals surface area (Å²) >= 11 is 0. The average Bonchev–Trinajstić information content (AvgIpc) is 2.46. The first-order valence-electron chi connectivity index (χ1n) is 5.07. The van der Waals surface area contributed by atoms with E-state index in [9.17, 15) is 0 Å². The van der Waals surface area contributed by atoms with Gasteiger partial charge in [0.2, 0.25) is 0 Å². The van der Waals surface area contributed by atoms with Crippen LogP contribution in [0.1, 0.15) is 33.1 Å². The Kier molecular flexibility index (Phi) is 1.92. The van der Waals surface area contributed by atoms with Crippen molar-refractivity contribution in [3.63, 3.8) is 0 Å². The molecule has 0 aliphatic carbocycles. The Bertz CT molecular complexity index is 144. The molecule has 2 fully saturated rings. The van der Waals surface area contributed by atoms with Crippen LogP contribution < -0.4 is 0 Å². The van der Waals surface area contributed by atoms with Crippen molar-refractivity contribution in [2.45, 2.75) is 39.2 Å². The Morgan fingerprint density at radius 3 is 3.00 bits per heavy atom. The summed E-state index contributed by atoms with van der Waals surface area (Å²) in [4.78, 5) is 2.71. The van der Waals surface area contributed by atoms with Gasteiger partial charge in [-0.05, 0) is 31.2 Å². The van der Waals surface area contributed by atoms with Crippen LogP contribution in [0, 0.1) is 11.8 Å². The van der Waals surface area contributed by atoms with Crippen LogP contribution in [-0.2, 0) is 0 Å². The third kappa shape index (κ3) is 1.10. The molecule has 11 heavy (non-hydrogen) atoms. The van der Waals surface area contributed by atoms with Gasteiger partial charge >= 0.3 is 0 Å². The lowest BCUT2D eigenvalue weighted by Crippen LogP contribution is -2.25. The third-order valence-electron chi connectivity index (χ3n) is 3.63. The van der Waals surface area contributed by atoms with E-state index in [2.05, 4.69) is 18.7 Å². The van der Waals surface area contributed by atoms with Gasteiger partial charge < -0.3 is 0 Å². The first-order chi connectivity index (χ1) is 5.33. The van der Waals surface area contributed by atoms with Gasteiger partial charge in [0.15, 0.2) is 0 Å². The molecule has 0 amide bonds. The van der Waals surface area contributed by atoms with Gasteiger partial charge in [-0.3, -0.25) is 4.90 Å². The summed E-state index contributed by atoms with van der Waals surface area (Å²) < 4.78 is 0. The fraction of sp³-hybridized carbons (Fsp3) is 1.00. The van der Waals surface area contributed by atoms with Gasteiger partial charge in [-0.1, -0.05) is 20.3 Å². The lowest BCUT2D eigenvalue weighted by atomic mass is 9.88. The van der Waals surface area contributed by atoms with E-state index in [1.165, 1.54) is 32.4 Å². The lowest BCUT2D eigenvalue weighted by molar-refractivity contribution is 0.286. The first kappa shape index (κ1) is 7.60. The van der Waals surface area contributed by atoms with E-state index in [-0.39, 0.29) is 0 Å². The zero-order chi connectivity index (χ0) is 7.84. The van der Waals surface area contributed by atoms with Gasteiger partial charge in [0.25, 0.3) is 0 Å². The van der Waals surface area contributed by atoms with E-state index in [1.807, 2.05) is 0 Å². The van der Waals surface area contributed by atoms with Gasteiger partial charge in [-0.15, -0.1) is 0 Å². The quantitative estimate of drug-likeness (QED) is 0.558. The van der Waals surface area contributed by atoms with Crippen molar-refractivity contribution >= 4 is 0 Å². The fourth-order valence-electron chi connectivity index (χ4n) is 3.12. The van der Waals surface area contributed by atoms with Crippen molar-refractivity contribution in [2.75, 3.05) is 13.1 Å². The molecule has 2 aliphatic rings. The summed E-state index contributed by atoms with van der Waals surface area (Å²) in [6.45, 7) is 7.53. The molecular weight excluding hydrogens is 134 g/mol. The highest BCUT2D eigenvalue weighted by Gasteiger charge is 2.40. The van der Waals surface area contributed by atoms with Crippen molar-refractivity contribution < 1.29 is 0 Å². The molecule has 0 aromatic heterocycles. The maximum absolute atomic E-state index is 2.71. The van der Waals surface area contributed by atoms with Gasteiger partial charge in [0, 0.05) is 12.6 Å². The normalized spacial score (nSPS) is 44.7. The van der Waals surface area contributed by atoms with E-state index >= 15 is 0 Å². The van der Waals surface area contributed by atoms with E-state index in [1.54, 1.807) is 0 Å². The topological polar surface area (TPSA) is 3.24 Å². The van der Waals surface area contributed by atoms with Gasteiger partial charge in [-0.25, -0.2) is 0 Å². The lowest BCUT2D eigenvalue weighted by Gasteiger charge is -2.19. The molecule has 0 spiro atoms. The summed E-state index contributed by atoms with van der Waals surface area (Å²) in [6.07, 6.45) is 4.32. The minimum absolute atomic E-state index is 0.963. The van der Waals surface area contributed by atoms with Crippen LogP contribution in [0.2, 0.25) is 0 Å². The Balaban J connectivity index is 2.07. The maximum atomic E-state index is 2.71. The van der Waals surface area contributed by atoms with E-state index in [4.69, 9.17) is 0 Å². The molecule has 1 heteroatoms. The molecule has 3 atom stereocenters. The van der Waals surface area contributed by atoms with Crippen LogP contribution in [0.25, 0.3) is 0 Å². The highest BCUT2D eigenvalue weighted by molar-refractivity contribution is 4.93. The summed E-state index contributed by atoms with van der Waals surface area (Å²) in [5, 5.41) is 0. The molecule has 2 aliphatic heterocycles. The summed E-state index contributed by atoms with van der Waals surface area (Å²) in [5.74, 6) is 1.97. The molecular formula is C10H19N. The summed E-state index contributed by atoms with van der Waals surface area (Å²) in [7, 11) is 0. The monoisotopic (exact) mass is 153 g/mol. The van der Waals surface area contributed by atoms with Crippen molar-refractivity contribution in [1.29, 1.82) is 0 Å². The van der Waals surface area contributed by atoms with Crippen molar-refractivity contribution in [3.05, 3.63) is 0 Å². The number of fused-ring (bicyclic) bond motifs is 1. The molecule has 3 unspecified atom stereocenters. The summed E-state index contributed by atoms with van der Waals surface area (Å²) in [6, 6.07) is 0.968. The molecule has 2 rings (SSSR count). The number of nitrogens with zero attached hydrogens (tertiary/aromatic N) is 1. The molecule has 0 radical (unpaired) electrons. The van der Waals surface area contributed by atoms with Crippen LogP contribution >= 0.6 is 0 Å². The predicted molar refractivity (Wildman–Crippen MR) is 47.5 cm³/mol. The molecule has 0 saturated carbocycles. The molecule has 2 heterocycles. The standard InChI is InChI=1S/C10H19N/c1-3-9-8(2)7-11-6-4-5-10(9)11/h8-10H,3-7H2,1-2H3. The molecule has 0 bridgehead atoms. The van der Waals surface area contributed by atoms with Crippen LogP contribution in [0.3, 0.4) is 0 Å². The van der Waals surface area contributed by atoms with Gasteiger partial charge in [0.1, 0.15) is 0 Å². The second-order valence-electron chi connectivity index (χ2n) is 4.25. The van der Waals surface area contributed by atoms with Crippen LogP contribution in [0.4, 0.5) is 0 Å². The molecule has 0 aromatic rings. The second-order valence-corrected chi connectivity index (χ2v) is 4.25. The number of hydrogen-bond donors (Lipinski definition) is 0. The molecule has 1 nitrogen and oxygen atoms in total. The highest BCUT2D eigenvalue weighted by Crippen LogP contribution is 2.37. The fourth-order valence-corrected chi connectivity index (χ4v) is 3.12. The largest absolute Gasteiger partial charge is 0.300 e. The molecule has 64 valence electrons. The van der Waals surface area contributed by atoms with Crippen molar-refractivity contribution in [2.24, 2.45) is 11.8 Å². The first-order valence-corrected chi connectivity index (χ1v) is 5.07. The Morgan fingerprint density at radius 2 is 2.27 bits per heavy atom. The smallest absolute Gasteiger partial charge is 0.0127 e. The minimum Gasteiger partial charge on any atom is -0.300 e. The molecule has 0 N–H and O–H groups in total.